The molecule has 0 aliphatic carbocycles. The molecule has 0 fully saturated rings. The van der Waals surface area contributed by atoms with Gasteiger partial charge in [0.2, 0.25) is 0 Å². The van der Waals surface area contributed by atoms with E-state index in [2.05, 4.69) is 0 Å². The van der Waals surface area contributed by atoms with Crippen molar-refractivity contribution in [1.82, 2.24) is 0 Å². The molecule has 0 aromatic heterocycles. The summed E-state index contributed by atoms with van der Waals surface area (Å²) in [6.45, 7) is 0. The van der Waals surface area contributed by atoms with E-state index < -0.39 is 11.9 Å². The fourth-order valence-electron chi connectivity index (χ4n) is 0.214. The average molecular weight is 120 g/mol. The molecule has 0 amide bonds. The van der Waals surface area contributed by atoms with Crippen LogP contribution in [-0.2, 0) is 9.59 Å². The number of carboxylic acids is 2. The van der Waals surface area contributed by atoms with Crippen LogP contribution in [0.4, 0.5) is 0 Å². The molecule has 0 radical (unpaired) electrons. The Balaban J connectivity index is 3.18. The predicted molar refractivity (Wildman–Crippen MR) is 24.5 cm³/mol. The fraction of sp³-hybridized carbons (Fsp3) is 0.500. The summed E-state index contributed by atoms with van der Waals surface area (Å²) in [6.07, 6.45) is -0.593. The van der Waals surface area contributed by atoms with Crippen molar-refractivity contribution in [2.24, 2.45) is 0 Å². The van der Waals surface area contributed by atoms with Crippen LogP contribution in [0.1, 0.15) is 12.8 Å². The van der Waals surface area contributed by atoms with Gasteiger partial charge in [0.15, 0.2) is 0 Å². The SMILES string of the molecule is O=[13C](O)CC[13C](=O)O. The van der Waals surface area contributed by atoms with E-state index in [4.69, 9.17) is 10.2 Å². The third-order valence-electron chi connectivity index (χ3n) is 0.553. The smallest absolute Gasteiger partial charge is 0.303 e. The summed E-state index contributed by atoms with van der Waals surface area (Å²) in [4.78, 5) is 19.3. The molecule has 0 heterocycles. The molecular formula is C4H6O4. The van der Waals surface area contributed by atoms with E-state index in [1.807, 2.05) is 0 Å². The minimum Gasteiger partial charge on any atom is -0.481 e. The number of hydrogen-bond donors (Lipinski definition) is 2. The third kappa shape index (κ3) is 4.94. The van der Waals surface area contributed by atoms with E-state index >= 15 is 0 Å². The van der Waals surface area contributed by atoms with Crippen LogP contribution < -0.4 is 0 Å². The average Bonchev–Trinajstić information content (AvgIpc) is 1.61. The first-order chi connectivity index (χ1) is 3.63. The van der Waals surface area contributed by atoms with Crippen LogP contribution in [0.2, 0.25) is 0 Å². The summed E-state index contributed by atoms with van der Waals surface area (Å²) in [6, 6.07) is 0. The molecule has 8 heavy (non-hydrogen) atoms. The summed E-state index contributed by atoms with van der Waals surface area (Å²) < 4.78 is 0. The van der Waals surface area contributed by atoms with Gasteiger partial charge in [-0.15, -0.1) is 0 Å². The van der Waals surface area contributed by atoms with Gasteiger partial charge in [-0.2, -0.15) is 0 Å². The highest BCUT2D eigenvalue weighted by atomic mass is 16.5. The maximum Gasteiger partial charge on any atom is 0.303 e. The van der Waals surface area contributed by atoms with Crippen molar-refractivity contribution in [2.75, 3.05) is 0 Å². The summed E-state index contributed by atoms with van der Waals surface area (Å²) in [5.74, 6) is -2.15. The lowest BCUT2D eigenvalue weighted by Crippen LogP contribution is -2.00. The highest BCUT2D eigenvalue weighted by molar-refractivity contribution is 5.75. The summed E-state index contributed by atoms with van der Waals surface area (Å²) in [5, 5.41) is 15.8. The maximum absolute atomic E-state index is 9.64. The Bertz CT molecular complexity index is 92.6. The summed E-state index contributed by atoms with van der Waals surface area (Å²) in [7, 11) is 0. The van der Waals surface area contributed by atoms with Gasteiger partial charge in [-0.3, -0.25) is 9.59 Å². The largest absolute Gasteiger partial charge is 0.481 e. The van der Waals surface area contributed by atoms with Gasteiger partial charge >= 0.3 is 11.9 Å². The fourth-order valence-corrected chi connectivity index (χ4v) is 0.214. The van der Waals surface area contributed by atoms with E-state index in [1.165, 1.54) is 0 Å². The van der Waals surface area contributed by atoms with Crippen LogP contribution >= 0.6 is 0 Å². The zero-order valence-corrected chi connectivity index (χ0v) is 4.13. The lowest BCUT2D eigenvalue weighted by molar-refractivity contribution is -0.143. The Morgan fingerprint density at radius 3 is 1.38 bits per heavy atom. The third-order valence-corrected chi connectivity index (χ3v) is 0.553. The van der Waals surface area contributed by atoms with E-state index in [1.54, 1.807) is 0 Å². The standard InChI is InChI=1S/C4H6O4/c5-3(6)1-2-4(7)8/h1-2H2,(H,5,6)(H,7,8)/i3+1,4+1. The van der Waals surface area contributed by atoms with Gasteiger partial charge in [-0.05, 0) is 0 Å². The highest BCUT2D eigenvalue weighted by Crippen LogP contribution is 1.85. The highest BCUT2D eigenvalue weighted by Gasteiger charge is 2.00. The first kappa shape index (κ1) is 6.94. The number of carboxylic acid groups (broad SMARTS) is 2. The Morgan fingerprint density at radius 1 is 1.00 bits per heavy atom. The van der Waals surface area contributed by atoms with Gasteiger partial charge in [-0.1, -0.05) is 0 Å². The number of aliphatic carboxylic acids is 2. The second-order valence-electron chi connectivity index (χ2n) is 1.29. The molecular weight excluding hydrogens is 114 g/mol. The second-order valence-corrected chi connectivity index (χ2v) is 1.29. The topological polar surface area (TPSA) is 74.6 Å². The monoisotopic (exact) mass is 120 g/mol. The van der Waals surface area contributed by atoms with Crippen LogP contribution in [0.15, 0.2) is 0 Å². The molecule has 0 aromatic carbocycles. The Kier molecular flexibility index (Phi) is 2.61. The molecule has 0 bridgehead atoms. The van der Waals surface area contributed by atoms with Crippen LogP contribution in [-0.4, -0.2) is 22.2 Å². The van der Waals surface area contributed by atoms with Crippen molar-refractivity contribution in [3.05, 3.63) is 0 Å². The molecule has 0 spiro atoms. The van der Waals surface area contributed by atoms with Crippen molar-refractivity contribution in [2.45, 2.75) is 12.8 Å². The van der Waals surface area contributed by atoms with Crippen LogP contribution in [0.3, 0.4) is 0 Å². The quantitative estimate of drug-likeness (QED) is 0.511. The minimum atomic E-state index is -1.08. The molecule has 0 aliphatic rings. The number of rotatable bonds is 3. The van der Waals surface area contributed by atoms with E-state index in [-0.39, 0.29) is 12.8 Å². The van der Waals surface area contributed by atoms with Crippen molar-refractivity contribution in [3.63, 3.8) is 0 Å². The van der Waals surface area contributed by atoms with Crippen molar-refractivity contribution < 1.29 is 19.8 Å². The Morgan fingerprint density at radius 2 is 1.25 bits per heavy atom. The predicted octanol–water partition coefficient (Wildman–Crippen LogP) is -0.0642. The van der Waals surface area contributed by atoms with Gasteiger partial charge in [0, 0.05) is 0 Å². The Hall–Kier alpha value is -1.06. The molecule has 2 N–H and O–H groups in total. The van der Waals surface area contributed by atoms with Crippen molar-refractivity contribution in [1.29, 1.82) is 0 Å². The van der Waals surface area contributed by atoms with E-state index in [0.29, 0.717) is 0 Å². The van der Waals surface area contributed by atoms with Gasteiger partial charge in [0.05, 0.1) is 12.8 Å². The van der Waals surface area contributed by atoms with Gasteiger partial charge in [0.1, 0.15) is 0 Å². The van der Waals surface area contributed by atoms with Crippen LogP contribution in [0.5, 0.6) is 0 Å². The van der Waals surface area contributed by atoms with Gasteiger partial charge < -0.3 is 10.2 Å². The molecule has 0 aliphatic heterocycles. The lowest BCUT2D eigenvalue weighted by atomic mass is 10.6. The van der Waals surface area contributed by atoms with Crippen molar-refractivity contribution >= 4 is 11.9 Å². The minimum absolute atomic E-state index is 0.296. The molecule has 0 rings (SSSR count). The molecule has 4 nitrogen and oxygen atoms in total. The van der Waals surface area contributed by atoms with E-state index in [0.717, 1.165) is 0 Å². The molecule has 46 valence electrons. The molecule has 0 saturated carbocycles. The van der Waals surface area contributed by atoms with Gasteiger partial charge in [-0.25, -0.2) is 0 Å². The first-order valence-corrected chi connectivity index (χ1v) is 2.06. The van der Waals surface area contributed by atoms with Crippen LogP contribution in [0, 0.1) is 0 Å². The zero-order chi connectivity index (χ0) is 6.57. The normalized spacial score (nSPS) is 8.50. The number of carbonyl (C=O) groups is 2. The number of hydrogen-bond acceptors (Lipinski definition) is 2. The zero-order valence-electron chi connectivity index (χ0n) is 4.13. The summed E-state index contributed by atoms with van der Waals surface area (Å²) >= 11 is 0. The Labute approximate surface area is 45.7 Å². The molecule has 4 heteroatoms. The van der Waals surface area contributed by atoms with Gasteiger partial charge in [0.25, 0.3) is 0 Å². The van der Waals surface area contributed by atoms with E-state index in [9.17, 15) is 9.59 Å². The maximum atomic E-state index is 9.64. The lowest BCUT2D eigenvalue weighted by Gasteiger charge is -1.85. The molecule has 0 atom stereocenters. The second kappa shape index (κ2) is 3.01. The first-order valence-electron chi connectivity index (χ1n) is 2.06. The van der Waals surface area contributed by atoms with Crippen molar-refractivity contribution in [3.8, 4) is 0 Å². The molecule has 0 aromatic rings. The van der Waals surface area contributed by atoms with Crippen LogP contribution in [0.25, 0.3) is 0 Å². The molecule has 0 unspecified atom stereocenters. The summed E-state index contributed by atoms with van der Waals surface area (Å²) in [5.41, 5.74) is 0. The molecule has 0 saturated heterocycles.